The van der Waals surface area contributed by atoms with E-state index in [2.05, 4.69) is 5.32 Å². The molecule has 0 spiro atoms. The third-order valence-electron chi connectivity index (χ3n) is 4.23. The number of amides is 1. The zero-order valence-electron chi connectivity index (χ0n) is 14.6. The number of nitrogens with one attached hydrogen (secondary N) is 1. The van der Waals surface area contributed by atoms with Gasteiger partial charge in [0.05, 0.1) is 13.2 Å². The van der Waals surface area contributed by atoms with E-state index in [1.807, 2.05) is 0 Å². The molecule has 1 aromatic carbocycles. The molecule has 1 saturated carbocycles. The Balaban J connectivity index is 2.10. The lowest BCUT2D eigenvalue weighted by Gasteiger charge is -2.24. The molecule has 140 valence electrons. The molecule has 6 nitrogen and oxygen atoms in total. The molecule has 8 heteroatoms. The summed E-state index contributed by atoms with van der Waals surface area (Å²) in [7, 11) is -2.51. The van der Waals surface area contributed by atoms with E-state index in [9.17, 15) is 13.2 Å². The summed E-state index contributed by atoms with van der Waals surface area (Å²) in [5.41, 5.74) is 0. The van der Waals surface area contributed by atoms with Crippen molar-refractivity contribution in [3.63, 3.8) is 0 Å². The van der Waals surface area contributed by atoms with Gasteiger partial charge in [-0.2, -0.15) is 4.31 Å². The van der Waals surface area contributed by atoms with Crippen molar-refractivity contribution in [1.29, 1.82) is 0 Å². The number of benzene rings is 1. The number of hydrogen-bond donors (Lipinski definition) is 1. The van der Waals surface area contributed by atoms with Crippen molar-refractivity contribution in [2.24, 2.45) is 0 Å². The summed E-state index contributed by atoms with van der Waals surface area (Å²) in [4.78, 5) is 12.2. The molecule has 0 unspecified atom stereocenters. The van der Waals surface area contributed by atoms with E-state index >= 15 is 0 Å². The van der Waals surface area contributed by atoms with E-state index in [1.54, 1.807) is 13.0 Å². The number of nitrogens with zero attached hydrogens (tertiary/aromatic N) is 1. The number of carbonyl (C=O) groups is 1. The summed E-state index contributed by atoms with van der Waals surface area (Å²) >= 11 is 5.94. The molecule has 1 aliphatic rings. The molecule has 0 radical (unpaired) electrons. The zero-order valence-corrected chi connectivity index (χ0v) is 16.2. The van der Waals surface area contributed by atoms with Crippen LogP contribution in [0.15, 0.2) is 23.1 Å². The van der Waals surface area contributed by atoms with Crippen LogP contribution in [0.5, 0.6) is 5.75 Å². The molecule has 2 rings (SSSR count). The number of halogens is 1. The Hall–Kier alpha value is -1.31. The summed E-state index contributed by atoms with van der Waals surface area (Å²) in [6, 6.07) is 4.58. The van der Waals surface area contributed by atoms with E-state index in [0.29, 0.717) is 11.6 Å². The fourth-order valence-corrected chi connectivity index (χ4v) is 4.45. The highest BCUT2D eigenvalue weighted by molar-refractivity contribution is 7.89. The quantitative estimate of drug-likeness (QED) is 0.779. The lowest BCUT2D eigenvalue weighted by atomic mass is 9.95. The average molecular weight is 389 g/mol. The van der Waals surface area contributed by atoms with E-state index in [-0.39, 0.29) is 29.1 Å². The van der Waals surface area contributed by atoms with E-state index in [1.165, 1.54) is 25.6 Å². The van der Waals surface area contributed by atoms with Gasteiger partial charge in [-0.25, -0.2) is 8.42 Å². The predicted molar refractivity (Wildman–Crippen MR) is 97.5 cm³/mol. The van der Waals surface area contributed by atoms with Crippen LogP contribution in [0, 0.1) is 0 Å². The molecule has 1 aromatic rings. The molecule has 1 amide bonds. The van der Waals surface area contributed by atoms with Crippen LogP contribution in [-0.4, -0.2) is 44.9 Å². The first-order valence-corrected chi connectivity index (χ1v) is 10.3. The van der Waals surface area contributed by atoms with Crippen molar-refractivity contribution >= 4 is 27.5 Å². The molecule has 0 saturated heterocycles. The van der Waals surface area contributed by atoms with Crippen molar-refractivity contribution in [3.8, 4) is 5.75 Å². The van der Waals surface area contributed by atoms with Gasteiger partial charge in [0, 0.05) is 18.1 Å². The summed E-state index contributed by atoms with van der Waals surface area (Å²) < 4.78 is 32.0. The monoisotopic (exact) mass is 388 g/mol. The highest BCUT2D eigenvalue weighted by Gasteiger charge is 2.27. The first-order valence-electron chi connectivity index (χ1n) is 8.52. The van der Waals surface area contributed by atoms with Gasteiger partial charge in [0.25, 0.3) is 0 Å². The second-order valence-electron chi connectivity index (χ2n) is 6.19. The van der Waals surface area contributed by atoms with Crippen LogP contribution in [0.3, 0.4) is 0 Å². The maximum Gasteiger partial charge on any atom is 0.247 e. The lowest BCUT2D eigenvalue weighted by molar-refractivity contribution is -0.122. The molecule has 1 fully saturated rings. The second-order valence-corrected chi connectivity index (χ2v) is 8.64. The number of ether oxygens (including phenoxy) is 1. The summed E-state index contributed by atoms with van der Waals surface area (Å²) in [6.07, 6.45) is 5.28. The fourth-order valence-electron chi connectivity index (χ4n) is 2.93. The number of sulfonamides is 1. The first kappa shape index (κ1) is 20.0. The smallest absolute Gasteiger partial charge is 0.247 e. The largest absolute Gasteiger partial charge is 0.492 e. The molecule has 1 aliphatic carbocycles. The minimum absolute atomic E-state index is 0.0326. The van der Waals surface area contributed by atoms with Gasteiger partial charge >= 0.3 is 0 Å². The van der Waals surface area contributed by atoms with Gasteiger partial charge in [-0.05, 0) is 38.0 Å². The Morgan fingerprint density at radius 1 is 1.32 bits per heavy atom. The van der Waals surface area contributed by atoms with Gasteiger partial charge in [0.2, 0.25) is 15.9 Å². The topological polar surface area (TPSA) is 75.7 Å². The van der Waals surface area contributed by atoms with Gasteiger partial charge in [0.1, 0.15) is 10.6 Å². The third-order valence-corrected chi connectivity index (χ3v) is 6.29. The standard InChI is InChI=1S/C17H25ClN2O4S/c1-3-24-15-10-9-13(18)11-16(15)25(22,23)20(2)12-17(21)19-14-7-5-4-6-8-14/h9-11,14H,3-8,12H2,1-2H3,(H,19,21). The predicted octanol–water partition coefficient (Wildman–Crippen LogP) is 2.81. The van der Waals surface area contributed by atoms with Crippen LogP contribution in [0.1, 0.15) is 39.0 Å². The molecule has 0 bridgehead atoms. The zero-order chi connectivity index (χ0) is 18.4. The molecular weight excluding hydrogens is 364 g/mol. The summed E-state index contributed by atoms with van der Waals surface area (Å²) in [5.74, 6) is -0.0654. The maximum absolute atomic E-state index is 12.8. The molecule has 0 atom stereocenters. The third kappa shape index (κ3) is 5.33. The molecule has 0 heterocycles. The molecule has 25 heavy (non-hydrogen) atoms. The minimum Gasteiger partial charge on any atom is -0.492 e. The molecule has 0 aromatic heterocycles. The summed E-state index contributed by atoms with van der Waals surface area (Å²) in [5, 5.41) is 3.22. The Bertz CT molecular complexity index is 703. The summed E-state index contributed by atoms with van der Waals surface area (Å²) in [6.45, 7) is 1.86. The van der Waals surface area contributed by atoms with Crippen LogP contribution in [0.2, 0.25) is 5.02 Å². The fraction of sp³-hybridized carbons (Fsp3) is 0.588. The number of hydrogen-bond acceptors (Lipinski definition) is 4. The Morgan fingerprint density at radius 2 is 2.00 bits per heavy atom. The highest BCUT2D eigenvalue weighted by Crippen LogP contribution is 2.29. The number of rotatable bonds is 7. The van der Waals surface area contributed by atoms with Gasteiger partial charge < -0.3 is 10.1 Å². The van der Waals surface area contributed by atoms with Crippen LogP contribution >= 0.6 is 11.6 Å². The van der Waals surface area contributed by atoms with Crippen LogP contribution in [0.4, 0.5) is 0 Å². The maximum atomic E-state index is 12.8. The van der Waals surface area contributed by atoms with E-state index in [0.717, 1.165) is 30.0 Å². The number of likely N-dealkylation sites (N-methyl/N-ethyl adjacent to an activating group) is 1. The Kier molecular flexibility index (Phi) is 7.10. The molecule has 1 N–H and O–H groups in total. The Morgan fingerprint density at radius 3 is 2.64 bits per heavy atom. The van der Waals surface area contributed by atoms with E-state index in [4.69, 9.17) is 16.3 Å². The normalized spacial score (nSPS) is 16.0. The van der Waals surface area contributed by atoms with Crippen LogP contribution in [0.25, 0.3) is 0 Å². The Labute approximate surface area is 154 Å². The van der Waals surface area contributed by atoms with Crippen molar-refractivity contribution in [2.45, 2.75) is 50.0 Å². The average Bonchev–Trinajstić information content (AvgIpc) is 2.57. The molecule has 0 aliphatic heterocycles. The minimum atomic E-state index is -3.89. The van der Waals surface area contributed by atoms with Crippen molar-refractivity contribution < 1.29 is 17.9 Å². The number of carbonyl (C=O) groups excluding carboxylic acids is 1. The van der Waals surface area contributed by atoms with Crippen molar-refractivity contribution in [2.75, 3.05) is 20.2 Å². The van der Waals surface area contributed by atoms with Gasteiger partial charge in [-0.3, -0.25) is 4.79 Å². The van der Waals surface area contributed by atoms with Gasteiger partial charge in [-0.1, -0.05) is 30.9 Å². The van der Waals surface area contributed by atoms with Crippen molar-refractivity contribution in [3.05, 3.63) is 23.2 Å². The van der Waals surface area contributed by atoms with Crippen LogP contribution in [-0.2, 0) is 14.8 Å². The SMILES string of the molecule is CCOc1ccc(Cl)cc1S(=O)(=O)N(C)CC(=O)NC1CCCCC1. The van der Waals surface area contributed by atoms with Gasteiger partial charge in [0.15, 0.2) is 0 Å². The van der Waals surface area contributed by atoms with Gasteiger partial charge in [-0.15, -0.1) is 0 Å². The first-order chi connectivity index (χ1) is 11.8. The van der Waals surface area contributed by atoms with E-state index < -0.39 is 10.0 Å². The highest BCUT2D eigenvalue weighted by atomic mass is 35.5. The molecular formula is C17H25ClN2O4S. The van der Waals surface area contributed by atoms with Crippen LogP contribution < -0.4 is 10.1 Å². The second kappa shape index (κ2) is 8.87. The lowest BCUT2D eigenvalue weighted by Crippen LogP contribution is -2.43. The van der Waals surface area contributed by atoms with Crippen molar-refractivity contribution in [1.82, 2.24) is 9.62 Å².